The van der Waals surface area contributed by atoms with E-state index in [4.69, 9.17) is 9.47 Å². The first kappa shape index (κ1) is 22.6. The lowest BCUT2D eigenvalue weighted by Gasteiger charge is -2.06. The van der Waals surface area contributed by atoms with Gasteiger partial charge >= 0.3 is 0 Å². The van der Waals surface area contributed by atoms with Crippen LogP contribution in [0.25, 0.3) is 0 Å². The van der Waals surface area contributed by atoms with Crippen LogP contribution in [0.5, 0.6) is 11.5 Å². The smallest absolute Gasteiger partial charge is 0.271 e. The van der Waals surface area contributed by atoms with Crippen molar-refractivity contribution < 1.29 is 14.3 Å². The number of anilines is 1. The molecule has 0 aromatic heterocycles. The van der Waals surface area contributed by atoms with Crippen molar-refractivity contribution in [2.24, 2.45) is 10.2 Å². The Bertz CT molecular complexity index is 1100. The average molecular weight is 431 g/mol. The molecule has 7 heteroatoms. The van der Waals surface area contributed by atoms with Crippen LogP contribution >= 0.6 is 0 Å². The molecule has 0 unspecified atom stereocenters. The number of ether oxygens (including phenoxy) is 2. The van der Waals surface area contributed by atoms with E-state index in [0.29, 0.717) is 11.3 Å². The van der Waals surface area contributed by atoms with E-state index in [1.165, 1.54) is 0 Å². The van der Waals surface area contributed by atoms with Crippen molar-refractivity contribution in [2.75, 3.05) is 19.6 Å². The molecule has 0 saturated heterocycles. The number of nitrogens with zero attached hydrogens (tertiary/aromatic N) is 2. The summed E-state index contributed by atoms with van der Waals surface area (Å²) in [5.74, 6) is 1.28. The zero-order valence-electron chi connectivity index (χ0n) is 18.5. The number of nitrogens with one attached hydrogen (secondary N) is 2. The van der Waals surface area contributed by atoms with Gasteiger partial charge in [-0.05, 0) is 97.8 Å². The highest BCUT2D eigenvalue weighted by molar-refractivity contribution is 6.01. The molecule has 1 amide bonds. The van der Waals surface area contributed by atoms with Gasteiger partial charge in [-0.15, -0.1) is 0 Å². The second-order valence-electron chi connectivity index (χ2n) is 6.98. The Morgan fingerprint density at radius 3 is 1.56 bits per heavy atom. The number of carbonyl (C=O) groups excluding carboxylic acids is 1. The number of hydrogen-bond donors (Lipinski definition) is 2. The van der Waals surface area contributed by atoms with Crippen molar-refractivity contribution >= 4 is 23.0 Å². The second-order valence-corrected chi connectivity index (χ2v) is 6.98. The minimum atomic E-state index is -0.290. The van der Waals surface area contributed by atoms with Crippen molar-refractivity contribution in [3.63, 3.8) is 0 Å². The molecule has 0 aliphatic heterocycles. The van der Waals surface area contributed by atoms with E-state index < -0.39 is 0 Å². The summed E-state index contributed by atoms with van der Waals surface area (Å²) in [6.07, 6.45) is 0. The third-order valence-electron chi connectivity index (χ3n) is 4.84. The molecular formula is C25H26N4O3. The Labute approximate surface area is 187 Å². The van der Waals surface area contributed by atoms with Gasteiger partial charge in [0.25, 0.3) is 5.91 Å². The van der Waals surface area contributed by atoms with Gasteiger partial charge in [0.15, 0.2) is 0 Å². The number of methoxy groups -OCH3 is 2. The molecule has 0 radical (unpaired) electrons. The number of benzene rings is 3. The normalized spacial score (nSPS) is 11.6. The predicted octanol–water partition coefficient (Wildman–Crippen LogP) is 4.69. The molecule has 32 heavy (non-hydrogen) atoms. The molecule has 3 aromatic carbocycles. The maximum absolute atomic E-state index is 12.4. The summed E-state index contributed by atoms with van der Waals surface area (Å²) in [6.45, 7) is 3.75. The molecule has 3 rings (SSSR count). The number of carbonyl (C=O) groups is 1. The highest BCUT2D eigenvalue weighted by Gasteiger charge is 2.06. The van der Waals surface area contributed by atoms with Gasteiger partial charge in [-0.2, -0.15) is 10.2 Å². The van der Waals surface area contributed by atoms with Gasteiger partial charge in [0.1, 0.15) is 11.5 Å². The number of rotatable bonds is 8. The van der Waals surface area contributed by atoms with E-state index in [2.05, 4.69) is 21.1 Å². The van der Waals surface area contributed by atoms with Gasteiger partial charge < -0.3 is 9.47 Å². The lowest BCUT2D eigenvalue weighted by Crippen LogP contribution is -2.19. The van der Waals surface area contributed by atoms with Crippen molar-refractivity contribution in [1.29, 1.82) is 0 Å². The molecule has 3 aromatic rings. The Balaban J connectivity index is 1.58. The van der Waals surface area contributed by atoms with Crippen LogP contribution in [0.15, 0.2) is 83.0 Å². The summed E-state index contributed by atoms with van der Waals surface area (Å²) in [4.78, 5) is 12.4. The van der Waals surface area contributed by atoms with Crippen molar-refractivity contribution in [2.45, 2.75) is 13.8 Å². The fourth-order valence-electron chi connectivity index (χ4n) is 2.84. The van der Waals surface area contributed by atoms with Crippen LogP contribution < -0.4 is 20.3 Å². The average Bonchev–Trinajstić information content (AvgIpc) is 2.86. The highest BCUT2D eigenvalue weighted by atomic mass is 16.5. The van der Waals surface area contributed by atoms with E-state index in [-0.39, 0.29) is 5.91 Å². The SMILES string of the molecule is COc1ccc(C(C)=NNC(=O)c2ccc(NN=C(C)c3ccc(OC)cc3)cc2)cc1. The van der Waals surface area contributed by atoms with E-state index in [1.807, 2.05) is 62.4 Å². The van der Waals surface area contributed by atoms with Gasteiger partial charge in [-0.3, -0.25) is 10.2 Å². The topological polar surface area (TPSA) is 84.3 Å². The van der Waals surface area contributed by atoms with Crippen LogP contribution in [0.2, 0.25) is 0 Å². The van der Waals surface area contributed by atoms with Crippen molar-refractivity contribution in [3.8, 4) is 11.5 Å². The quantitative estimate of drug-likeness (QED) is 0.401. The minimum Gasteiger partial charge on any atom is -0.497 e. The van der Waals surface area contributed by atoms with Gasteiger partial charge in [0.05, 0.1) is 31.3 Å². The maximum atomic E-state index is 12.4. The zero-order chi connectivity index (χ0) is 22.9. The first-order chi connectivity index (χ1) is 15.5. The van der Waals surface area contributed by atoms with E-state index >= 15 is 0 Å². The third-order valence-corrected chi connectivity index (χ3v) is 4.84. The van der Waals surface area contributed by atoms with Crippen LogP contribution in [0.3, 0.4) is 0 Å². The molecule has 0 atom stereocenters. The largest absolute Gasteiger partial charge is 0.497 e. The number of amides is 1. The van der Waals surface area contributed by atoms with Crippen molar-refractivity contribution in [1.82, 2.24) is 5.43 Å². The zero-order valence-corrected chi connectivity index (χ0v) is 18.5. The molecule has 0 heterocycles. The van der Waals surface area contributed by atoms with Gasteiger partial charge in [0.2, 0.25) is 0 Å². The monoisotopic (exact) mass is 430 g/mol. The standard InChI is InChI=1S/C25H26N4O3/c1-17(19-7-13-23(31-3)14-8-19)26-28-22-11-5-21(6-12-22)25(30)29-27-18(2)20-9-15-24(32-4)16-10-20/h5-16,28H,1-4H3,(H,29,30). The van der Waals surface area contributed by atoms with E-state index in [1.54, 1.807) is 38.5 Å². The summed E-state index contributed by atoms with van der Waals surface area (Å²) in [6, 6.07) is 22.2. The molecule has 0 fully saturated rings. The van der Waals surface area contributed by atoms with Gasteiger partial charge in [0, 0.05) is 5.56 Å². The summed E-state index contributed by atoms with van der Waals surface area (Å²) in [7, 11) is 3.25. The summed E-state index contributed by atoms with van der Waals surface area (Å²) in [5, 5.41) is 8.58. The van der Waals surface area contributed by atoms with E-state index in [9.17, 15) is 4.79 Å². The van der Waals surface area contributed by atoms with Crippen LogP contribution in [-0.4, -0.2) is 31.6 Å². The van der Waals surface area contributed by atoms with Crippen LogP contribution in [0, 0.1) is 0 Å². The Morgan fingerprint density at radius 2 is 1.09 bits per heavy atom. The van der Waals surface area contributed by atoms with Gasteiger partial charge in [-0.1, -0.05) is 0 Å². The fraction of sp³-hybridized carbons (Fsp3) is 0.160. The molecule has 0 bridgehead atoms. The van der Waals surface area contributed by atoms with Crippen molar-refractivity contribution in [3.05, 3.63) is 89.5 Å². The second kappa shape index (κ2) is 10.8. The lowest BCUT2D eigenvalue weighted by molar-refractivity contribution is 0.0955. The summed E-state index contributed by atoms with van der Waals surface area (Å²) >= 11 is 0. The molecule has 0 saturated carbocycles. The van der Waals surface area contributed by atoms with E-state index in [0.717, 1.165) is 34.0 Å². The Morgan fingerprint density at radius 1 is 0.656 bits per heavy atom. The first-order valence-corrected chi connectivity index (χ1v) is 10.0. The molecule has 0 aliphatic rings. The first-order valence-electron chi connectivity index (χ1n) is 10.0. The molecule has 0 aliphatic carbocycles. The summed E-state index contributed by atoms with van der Waals surface area (Å²) in [5.41, 5.74) is 10.3. The fourth-order valence-corrected chi connectivity index (χ4v) is 2.84. The minimum absolute atomic E-state index is 0.290. The third kappa shape index (κ3) is 5.95. The van der Waals surface area contributed by atoms with Crippen LogP contribution in [0.4, 0.5) is 5.69 Å². The molecule has 7 nitrogen and oxygen atoms in total. The number of hydrazone groups is 2. The molecular weight excluding hydrogens is 404 g/mol. The van der Waals surface area contributed by atoms with Gasteiger partial charge in [-0.25, -0.2) is 5.43 Å². The highest BCUT2D eigenvalue weighted by Crippen LogP contribution is 2.14. The summed E-state index contributed by atoms with van der Waals surface area (Å²) < 4.78 is 10.3. The lowest BCUT2D eigenvalue weighted by atomic mass is 10.1. The maximum Gasteiger partial charge on any atom is 0.271 e. The van der Waals surface area contributed by atoms with Crippen LogP contribution in [0.1, 0.15) is 35.3 Å². The predicted molar refractivity (Wildman–Crippen MR) is 128 cm³/mol. The molecule has 0 spiro atoms. The Kier molecular flexibility index (Phi) is 7.59. The Hall–Kier alpha value is -4.13. The van der Waals surface area contributed by atoms with Crippen LogP contribution in [-0.2, 0) is 0 Å². The number of hydrogen-bond acceptors (Lipinski definition) is 6. The molecule has 2 N–H and O–H groups in total. The molecule has 164 valence electrons.